The molecule has 0 aromatic heterocycles. The summed E-state index contributed by atoms with van der Waals surface area (Å²) in [6.45, 7) is -0.673. The first kappa shape index (κ1) is 14.4. The fraction of sp³-hybridized carbons (Fsp3) is 0.579. The molecule has 1 fully saturated rings. The Morgan fingerprint density at radius 3 is 2.69 bits per heavy atom. The Hall–Kier alpha value is -1.66. The second kappa shape index (κ2) is 8.82. The highest BCUT2D eigenvalue weighted by Gasteiger charge is 2.23. The maximum absolute atomic E-state index is 13.5. The molecular formula is C19H27ClFN3O2. The maximum atomic E-state index is 13.5. The van der Waals surface area contributed by atoms with Crippen LogP contribution >= 0.6 is 11.6 Å². The molecule has 1 aromatic carbocycles. The van der Waals surface area contributed by atoms with Crippen LogP contribution in [0.15, 0.2) is 18.2 Å². The second-order valence-corrected chi connectivity index (χ2v) is 7.42. The highest BCUT2D eigenvalue weighted by Crippen LogP contribution is 2.17. The van der Waals surface area contributed by atoms with E-state index in [0.29, 0.717) is 25.9 Å². The number of carbonyl (C=O) groups excluding carboxylic acids is 2. The predicted octanol–water partition coefficient (Wildman–Crippen LogP) is 2.84. The normalized spacial score (nSPS) is 20.2. The third-order valence-electron chi connectivity index (χ3n) is 3.92. The number of carbonyl (C=O) groups is 2. The minimum absolute atomic E-state index is 0.00335. The molecule has 5 nitrogen and oxygen atoms in total. The molecule has 0 radical (unpaired) electrons. The van der Waals surface area contributed by atoms with Gasteiger partial charge >= 0.3 is 0 Å². The number of nitrogens with zero attached hydrogens (tertiary/aromatic N) is 1. The van der Waals surface area contributed by atoms with Gasteiger partial charge in [-0.1, -0.05) is 11.6 Å². The van der Waals surface area contributed by atoms with Crippen LogP contribution in [0.2, 0.25) is 5.02 Å². The molecule has 7 heteroatoms. The molecule has 144 valence electrons. The van der Waals surface area contributed by atoms with Crippen molar-refractivity contribution in [3.63, 3.8) is 0 Å². The second-order valence-electron chi connectivity index (χ2n) is 6.98. The van der Waals surface area contributed by atoms with Crippen molar-refractivity contribution < 1.29 is 20.8 Å². The number of rotatable bonds is 5. The molecule has 1 saturated heterocycles. The fourth-order valence-corrected chi connectivity index (χ4v) is 2.97. The van der Waals surface area contributed by atoms with E-state index in [1.54, 1.807) is 0 Å². The van der Waals surface area contributed by atoms with Gasteiger partial charge in [0.15, 0.2) is 0 Å². The lowest BCUT2D eigenvalue weighted by Gasteiger charge is -2.32. The average molecular weight is 389 g/mol. The average Bonchev–Trinajstić information content (AvgIpc) is 2.59. The highest BCUT2D eigenvalue weighted by molar-refractivity contribution is 6.31. The Kier molecular flexibility index (Phi) is 4.89. The van der Waals surface area contributed by atoms with Crippen LogP contribution in [0.1, 0.15) is 50.8 Å². The van der Waals surface area contributed by atoms with Crippen molar-refractivity contribution in [2.24, 2.45) is 5.92 Å². The molecule has 26 heavy (non-hydrogen) atoms. The van der Waals surface area contributed by atoms with E-state index >= 15 is 0 Å². The molecule has 2 N–H and O–H groups in total. The summed E-state index contributed by atoms with van der Waals surface area (Å²) >= 11 is 5.75. The summed E-state index contributed by atoms with van der Waals surface area (Å²) in [6, 6.07) is 3.30. The lowest BCUT2D eigenvalue weighted by atomic mass is 9.96. The Morgan fingerprint density at radius 1 is 1.38 bits per heavy atom. The number of benzene rings is 1. The zero-order chi connectivity index (χ0) is 23.6. The van der Waals surface area contributed by atoms with Gasteiger partial charge in [-0.25, -0.2) is 4.39 Å². The Balaban J connectivity index is 1.89. The van der Waals surface area contributed by atoms with Gasteiger partial charge in [0.1, 0.15) is 5.82 Å². The van der Waals surface area contributed by atoms with Gasteiger partial charge < -0.3 is 10.6 Å². The number of likely N-dealkylation sites (tertiary alicyclic amines) is 1. The van der Waals surface area contributed by atoms with Gasteiger partial charge in [-0.2, -0.15) is 0 Å². The Labute approximate surface area is 166 Å². The minimum atomic E-state index is -2.34. The first-order valence-electron chi connectivity index (χ1n) is 10.9. The molecule has 1 aromatic rings. The smallest absolute Gasteiger partial charge is 0.251 e. The van der Waals surface area contributed by atoms with Gasteiger partial charge in [-0.05, 0) is 70.7 Å². The molecule has 0 atom stereocenters. The van der Waals surface area contributed by atoms with Gasteiger partial charge in [-0.3, -0.25) is 14.5 Å². The van der Waals surface area contributed by atoms with Crippen molar-refractivity contribution in [2.45, 2.75) is 39.1 Å². The van der Waals surface area contributed by atoms with Gasteiger partial charge in [0.25, 0.3) is 5.91 Å². The zero-order valence-corrected chi connectivity index (χ0v) is 15.6. The van der Waals surface area contributed by atoms with E-state index in [4.69, 9.17) is 18.5 Å². The SMILES string of the molecule is [2H]C([2H])(NC(=O)c1cc(F)cc(Cl)c1)C1CCN(CC(=O)NC(C)(C)C([2H])([2H])[2H])CC1. The van der Waals surface area contributed by atoms with Crippen LogP contribution < -0.4 is 10.6 Å². The topological polar surface area (TPSA) is 61.4 Å². The monoisotopic (exact) mass is 388 g/mol. The van der Waals surface area contributed by atoms with Gasteiger partial charge in [0, 0.05) is 29.5 Å². The number of amides is 2. The van der Waals surface area contributed by atoms with Crippen LogP contribution in [0.25, 0.3) is 0 Å². The summed E-state index contributed by atoms with van der Waals surface area (Å²) in [4.78, 5) is 26.4. The van der Waals surface area contributed by atoms with Crippen molar-refractivity contribution in [3.8, 4) is 0 Å². The third-order valence-corrected chi connectivity index (χ3v) is 4.14. The fourth-order valence-electron chi connectivity index (χ4n) is 2.75. The van der Waals surface area contributed by atoms with Crippen molar-refractivity contribution in [1.29, 1.82) is 0 Å². The van der Waals surface area contributed by atoms with E-state index in [9.17, 15) is 14.0 Å². The van der Waals surface area contributed by atoms with Crippen molar-refractivity contribution in [3.05, 3.63) is 34.6 Å². The molecule has 2 rings (SSSR count). The van der Waals surface area contributed by atoms with Crippen LogP contribution in [-0.4, -0.2) is 48.4 Å². The molecule has 1 aliphatic rings. The third kappa shape index (κ3) is 6.92. The van der Waals surface area contributed by atoms with Crippen LogP contribution in [-0.2, 0) is 4.79 Å². The molecule has 0 unspecified atom stereocenters. The zero-order valence-electron chi connectivity index (χ0n) is 19.9. The molecular weight excluding hydrogens is 357 g/mol. The number of hydrogen-bond donors (Lipinski definition) is 2. The largest absolute Gasteiger partial charge is 0.352 e. The van der Waals surface area contributed by atoms with E-state index in [-0.39, 0.29) is 17.1 Å². The molecule has 1 heterocycles. The maximum Gasteiger partial charge on any atom is 0.251 e. The highest BCUT2D eigenvalue weighted by atomic mass is 35.5. The van der Waals surface area contributed by atoms with Crippen LogP contribution in [0.5, 0.6) is 0 Å². The molecule has 0 saturated carbocycles. The van der Waals surface area contributed by atoms with Crippen LogP contribution in [0.3, 0.4) is 0 Å². The van der Waals surface area contributed by atoms with Crippen molar-refractivity contribution >= 4 is 23.4 Å². The van der Waals surface area contributed by atoms with E-state index in [2.05, 4.69) is 10.6 Å². The van der Waals surface area contributed by atoms with Gasteiger partial charge in [0.2, 0.25) is 5.91 Å². The Morgan fingerprint density at radius 2 is 2.08 bits per heavy atom. The van der Waals surface area contributed by atoms with Gasteiger partial charge in [-0.15, -0.1) is 0 Å². The molecule has 0 spiro atoms. The minimum Gasteiger partial charge on any atom is -0.352 e. The lowest BCUT2D eigenvalue weighted by molar-refractivity contribution is -0.124. The van der Waals surface area contributed by atoms with Crippen LogP contribution in [0, 0.1) is 11.7 Å². The van der Waals surface area contributed by atoms with E-state index in [1.165, 1.54) is 19.9 Å². The summed E-state index contributed by atoms with van der Waals surface area (Å²) in [5.41, 5.74) is -1.43. The quantitative estimate of drug-likeness (QED) is 0.815. The summed E-state index contributed by atoms with van der Waals surface area (Å²) in [6.07, 6.45) is 0.764. The number of piperidine rings is 1. The Bertz CT molecular complexity index is 807. The number of nitrogens with one attached hydrogen (secondary N) is 2. The number of hydrogen-bond acceptors (Lipinski definition) is 3. The van der Waals surface area contributed by atoms with Crippen LogP contribution in [0.4, 0.5) is 4.39 Å². The first-order chi connectivity index (χ1) is 14.1. The first-order valence-corrected chi connectivity index (χ1v) is 8.80. The summed E-state index contributed by atoms with van der Waals surface area (Å²) in [7, 11) is 0. The molecule has 1 aliphatic heterocycles. The standard InChI is InChI=1S/C19H27ClFN3O2/c1-19(2,3)23-17(25)12-24-6-4-13(5-7-24)11-22-18(26)14-8-15(20)10-16(21)9-14/h8-10,13H,4-7,11-12H2,1-3H3,(H,22,26)(H,23,25)/i1D3,11D2. The van der Waals surface area contributed by atoms with Gasteiger partial charge in [0.05, 0.1) is 6.54 Å². The van der Waals surface area contributed by atoms with E-state index in [1.807, 2.05) is 4.90 Å². The summed E-state index contributed by atoms with van der Waals surface area (Å²) in [5.74, 6) is -2.37. The summed E-state index contributed by atoms with van der Waals surface area (Å²) < 4.78 is 52.4. The lowest BCUT2D eigenvalue weighted by Crippen LogP contribution is -2.48. The molecule has 0 aliphatic carbocycles. The van der Waals surface area contributed by atoms with Crippen molar-refractivity contribution in [2.75, 3.05) is 26.1 Å². The summed E-state index contributed by atoms with van der Waals surface area (Å²) in [5, 5.41) is 4.87. The molecule has 0 bridgehead atoms. The van der Waals surface area contributed by atoms with E-state index in [0.717, 1.165) is 12.1 Å². The molecule has 2 amide bonds. The number of halogens is 2. The predicted molar refractivity (Wildman–Crippen MR) is 101 cm³/mol. The van der Waals surface area contributed by atoms with Crippen molar-refractivity contribution in [1.82, 2.24) is 15.5 Å². The van der Waals surface area contributed by atoms with E-state index < -0.39 is 42.4 Å².